The summed E-state index contributed by atoms with van der Waals surface area (Å²) in [4.78, 5) is 29.2. The highest BCUT2D eigenvalue weighted by atomic mass is 35.5. The Balaban J connectivity index is 1.76. The molecule has 0 bridgehead atoms. The molecule has 0 aliphatic heterocycles. The van der Waals surface area contributed by atoms with Crippen LogP contribution < -0.4 is 5.32 Å². The number of esters is 1. The van der Waals surface area contributed by atoms with E-state index in [1.807, 2.05) is 25.1 Å². The predicted molar refractivity (Wildman–Crippen MR) is 107 cm³/mol. The van der Waals surface area contributed by atoms with E-state index in [2.05, 4.69) is 10.3 Å². The molecule has 1 amide bonds. The molecule has 0 saturated heterocycles. The lowest BCUT2D eigenvalue weighted by Crippen LogP contribution is -2.21. The van der Waals surface area contributed by atoms with Gasteiger partial charge in [0.1, 0.15) is 0 Å². The molecule has 0 saturated carbocycles. The van der Waals surface area contributed by atoms with E-state index in [0.29, 0.717) is 27.2 Å². The van der Waals surface area contributed by atoms with Gasteiger partial charge >= 0.3 is 5.97 Å². The average Bonchev–Trinajstić information content (AvgIpc) is 2.64. The molecule has 27 heavy (non-hydrogen) atoms. The molecule has 5 nitrogen and oxygen atoms in total. The van der Waals surface area contributed by atoms with E-state index >= 15 is 0 Å². The number of anilines is 1. The monoisotopic (exact) mass is 402 g/mol. The van der Waals surface area contributed by atoms with Gasteiger partial charge < -0.3 is 10.1 Å². The maximum atomic E-state index is 12.6. The number of halogens is 2. The number of hydrogen-bond donors (Lipinski definition) is 1. The summed E-state index contributed by atoms with van der Waals surface area (Å²) in [5.74, 6) is -1.10. The minimum Gasteiger partial charge on any atom is -0.452 e. The lowest BCUT2D eigenvalue weighted by Gasteiger charge is -2.12. The maximum Gasteiger partial charge on any atom is 0.339 e. The Hall–Kier alpha value is -2.63. The Labute approximate surface area is 166 Å². The Morgan fingerprint density at radius 2 is 1.81 bits per heavy atom. The van der Waals surface area contributed by atoms with Crippen molar-refractivity contribution < 1.29 is 14.3 Å². The van der Waals surface area contributed by atoms with Crippen LogP contribution >= 0.6 is 23.2 Å². The van der Waals surface area contributed by atoms with Crippen LogP contribution in [0.2, 0.25) is 10.0 Å². The van der Waals surface area contributed by atoms with Crippen LogP contribution in [0.25, 0.3) is 10.9 Å². The zero-order valence-electron chi connectivity index (χ0n) is 14.7. The molecular formula is C20H16Cl2N2O3. The number of para-hydroxylation sites is 1. The largest absolute Gasteiger partial charge is 0.452 e. The summed E-state index contributed by atoms with van der Waals surface area (Å²) in [5.41, 5.74) is 2.91. The molecule has 1 heterocycles. The number of nitrogens with zero attached hydrogens (tertiary/aromatic N) is 1. The Bertz CT molecular complexity index is 1050. The highest BCUT2D eigenvalue weighted by Gasteiger charge is 2.19. The number of pyridine rings is 1. The third kappa shape index (κ3) is 4.04. The third-order valence-electron chi connectivity index (χ3n) is 4.14. The molecule has 0 fully saturated rings. The molecule has 0 unspecified atom stereocenters. The lowest BCUT2D eigenvalue weighted by atomic mass is 10.0. The van der Waals surface area contributed by atoms with Crippen molar-refractivity contribution in [1.82, 2.24) is 4.98 Å². The molecule has 138 valence electrons. The van der Waals surface area contributed by atoms with Crippen molar-refractivity contribution in [3.63, 3.8) is 0 Å². The standard InChI is InChI=1S/C20H16Cl2N2O3/c1-11-12(2)23-15-8-4-3-6-13(15)18(11)20(26)27-10-17(25)24-16-9-5-7-14(21)19(16)22/h3-9H,10H2,1-2H3,(H,24,25). The number of rotatable bonds is 4. The molecule has 0 atom stereocenters. The quantitative estimate of drug-likeness (QED) is 0.626. The van der Waals surface area contributed by atoms with Gasteiger partial charge in [-0.2, -0.15) is 0 Å². The van der Waals surface area contributed by atoms with E-state index in [0.717, 1.165) is 11.3 Å². The summed E-state index contributed by atoms with van der Waals surface area (Å²) in [5, 5.41) is 3.81. The fourth-order valence-corrected chi connectivity index (χ4v) is 3.03. The van der Waals surface area contributed by atoms with Crippen molar-refractivity contribution in [2.24, 2.45) is 0 Å². The number of fused-ring (bicyclic) bond motifs is 1. The number of ether oxygens (including phenoxy) is 1. The smallest absolute Gasteiger partial charge is 0.339 e. The van der Waals surface area contributed by atoms with Gasteiger partial charge in [-0.15, -0.1) is 0 Å². The highest BCUT2D eigenvalue weighted by Crippen LogP contribution is 2.29. The molecule has 3 rings (SSSR count). The molecule has 7 heteroatoms. The van der Waals surface area contributed by atoms with Crippen molar-refractivity contribution in [3.05, 3.63) is 69.3 Å². The zero-order valence-corrected chi connectivity index (χ0v) is 16.2. The van der Waals surface area contributed by atoms with Crippen LogP contribution in [0.4, 0.5) is 5.69 Å². The number of nitrogens with one attached hydrogen (secondary N) is 1. The second kappa shape index (κ2) is 7.94. The molecular weight excluding hydrogens is 387 g/mol. The van der Waals surface area contributed by atoms with Crippen LogP contribution in [-0.2, 0) is 9.53 Å². The molecule has 0 spiro atoms. The van der Waals surface area contributed by atoms with E-state index in [4.69, 9.17) is 27.9 Å². The SMILES string of the molecule is Cc1nc2ccccc2c(C(=O)OCC(=O)Nc2cccc(Cl)c2Cl)c1C. The van der Waals surface area contributed by atoms with Gasteiger partial charge in [-0.1, -0.05) is 47.5 Å². The number of hydrogen-bond acceptors (Lipinski definition) is 4. The van der Waals surface area contributed by atoms with E-state index in [9.17, 15) is 9.59 Å². The number of aryl methyl sites for hydroxylation is 1. The molecule has 2 aromatic carbocycles. The van der Waals surface area contributed by atoms with Crippen molar-refractivity contribution in [3.8, 4) is 0 Å². The molecule has 1 aromatic heterocycles. The van der Waals surface area contributed by atoms with Crippen LogP contribution in [0.3, 0.4) is 0 Å². The fourth-order valence-electron chi connectivity index (χ4n) is 2.68. The summed E-state index contributed by atoms with van der Waals surface area (Å²) in [6.07, 6.45) is 0. The van der Waals surface area contributed by atoms with E-state index in [1.165, 1.54) is 0 Å². The summed E-state index contributed by atoms with van der Waals surface area (Å²) < 4.78 is 5.22. The maximum absolute atomic E-state index is 12.6. The van der Waals surface area contributed by atoms with Crippen LogP contribution in [-0.4, -0.2) is 23.5 Å². The zero-order chi connectivity index (χ0) is 19.6. The van der Waals surface area contributed by atoms with Gasteiger partial charge in [0.15, 0.2) is 6.61 Å². The molecule has 0 radical (unpaired) electrons. The first-order valence-electron chi connectivity index (χ1n) is 8.15. The van der Waals surface area contributed by atoms with Crippen LogP contribution in [0, 0.1) is 13.8 Å². The minimum atomic E-state index is -0.582. The first-order valence-corrected chi connectivity index (χ1v) is 8.91. The van der Waals surface area contributed by atoms with Crippen molar-refractivity contribution in [2.75, 3.05) is 11.9 Å². The first-order chi connectivity index (χ1) is 12.9. The summed E-state index contributed by atoms with van der Waals surface area (Å²) in [6, 6.07) is 12.2. The number of benzene rings is 2. The second-order valence-corrected chi connectivity index (χ2v) is 6.73. The normalized spacial score (nSPS) is 10.7. The van der Waals surface area contributed by atoms with E-state index in [-0.39, 0.29) is 5.02 Å². The molecule has 0 aliphatic carbocycles. The Morgan fingerprint density at radius 1 is 1.07 bits per heavy atom. The summed E-state index contributed by atoms with van der Waals surface area (Å²) >= 11 is 12.0. The van der Waals surface area contributed by atoms with Crippen LogP contribution in [0.1, 0.15) is 21.6 Å². The summed E-state index contributed by atoms with van der Waals surface area (Å²) in [7, 11) is 0. The summed E-state index contributed by atoms with van der Waals surface area (Å²) in [6.45, 7) is 3.18. The van der Waals surface area contributed by atoms with Crippen molar-refractivity contribution >= 4 is 51.7 Å². The van der Waals surface area contributed by atoms with Gasteiger partial charge in [0, 0.05) is 11.1 Å². The highest BCUT2D eigenvalue weighted by molar-refractivity contribution is 6.44. The van der Waals surface area contributed by atoms with Gasteiger partial charge in [-0.25, -0.2) is 4.79 Å². The van der Waals surface area contributed by atoms with Gasteiger partial charge in [0.25, 0.3) is 5.91 Å². The number of carbonyl (C=O) groups excluding carboxylic acids is 2. The second-order valence-electron chi connectivity index (χ2n) is 5.94. The van der Waals surface area contributed by atoms with Gasteiger partial charge in [-0.3, -0.25) is 9.78 Å². The Kier molecular flexibility index (Phi) is 5.63. The predicted octanol–water partition coefficient (Wildman–Crippen LogP) is 4.95. The van der Waals surface area contributed by atoms with Crippen molar-refractivity contribution in [1.29, 1.82) is 0 Å². The van der Waals surface area contributed by atoms with Gasteiger partial charge in [-0.05, 0) is 37.6 Å². The fraction of sp³-hybridized carbons (Fsp3) is 0.150. The first kappa shape index (κ1) is 19.1. The Morgan fingerprint density at radius 3 is 2.59 bits per heavy atom. The van der Waals surface area contributed by atoms with Crippen LogP contribution in [0.15, 0.2) is 42.5 Å². The minimum absolute atomic E-state index is 0.227. The van der Waals surface area contributed by atoms with E-state index < -0.39 is 18.5 Å². The van der Waals surface area contributed by atoms with E-state index in [1.54, 1.807) is 31.2 Å². The number of amides is 1. The van der Waals surface area contributed by atoms with Crippen LogP contribution in [0.5, 0.6) is 0 Å². The third-order valence-corrected chi connectivity index (χ3v) is 4.96. The number of carbonyl (C=O) groups is 2. The average molecular weight is 403 g/mol. The van der Waals surface area contributed by atoms with Crippen molar-refractivity contribution in [2.45, 2.75) is 13.8 Å². The topological polar surface area (TPSA) is 68.3 Å². The van der Waals surface area contributed by atoms with Gasteiger partial charge in [0.05, 0.1) is 26.8 Å². The number of aromatic nitrogens is 1. The molecule has 3 aromatic rings. The molecule has 1 N–H and O–H groups in total. The van der Waals surface area contributed by atoms with Gasteiger partial charge in [0.2, 0.25) is 0 Å². The molecule has 0 aliphatic rings. The lowest BCUT2D eigenvalue weighted by molar-refractivity contribution is -0.119.